The Balaban J connectivity index is 1.45. The molecule has 7 nitrogen and oxygen atoms in total. The average molecular weight is 523 g/mol. The van der Waals surface area contributed by atoms with Crippen molar-refractivity contribution in [2.75, 3.05) is 6.61 Å². The van der Waals surface area contributed by atoms with Gasteiger partial charge < -0.3 is 14.8 Å². The first-order valence-corrected chi connectivity index (χ1v) is 12.6. The number of hydrogen-bond acceptors (Lipinski definition) is 5. The van der Waals surface area contributed by atoms with Gasteiger partial charge in [0, 0.05) is 28.3 Å². The van der Waals surface area contributed by atoms with E-state index >= 15 is 0 Å². The van der Waals surface area contributed by atoms with Gasteiger partial charge in [-0.25, -0.2) is 14.1 Å². The zero-order valence-electron chi connectivity index (χ0n) is 20.9. The summed E-state index contributed by atoms with van der Waals surface area (Å²) in [5.74, 6) is 0.0248. The maximum Gasteiger partial charge on any atom is 0.249 e. The number of aromatic nitrogens is 3. The molecule has 2 aromatic heterocycles. The van der Waals surface area contributed by atoms with Crippen molar-refractivity contribution in [1.82, 2.24) is 20.1 Å². The number of ether oxygens (including phenoxy) is 2. The van der Waals surface area contributed by atoms with Crippen LogP contribution in [0.15, 0.2) is 48.8 Å². The Morgan fingerprint density at radius 2 is 2.16 bits per heavy atom. The second-order valence-electron chi connectivity index (χ2n) is 9.37. The van der Waals surface area contributed by atoms with Gasteiger partial charge in [0.2, 0.25) is 5.91 Å². The van der Waals surface area contributed by atoms with Gasteiger partial charge in [0.1, 0.15) is 24.0 Å². The highest BCUT2D eigenvalue weighted by atomic mass is 35.5. The van der Waals surface area contributed by atoms with Crippen LogP contribution in [0.1, 0.15) is 48.2 Å². The molecule has 2 aromatic carbocycles. The van der Waals surface area contributed by atoms with Crippen LogP contribution in [0.25, 0.3) is 16.6 Å². The van der Waals surface area contributed by atoms with Crippen molar-refractivity contribution in [3.05, 3.63) is 82.0 Å². The molecule has 5 rings (SSSR count). The summed E-state index contributed by atoms with van der Waals surface area (Å²) in [6, 6.07) is 11.1. The lowest BCUT2D eigenvalue weighted by Crippen LogP contribution is -2.36. The topological polar surface area (TPSA) is 78.3 Å². The number of benzene rings is 2. The minimum absolute atomic E-state index is 0.120. The second-order valence-corrected chi connectivity index (χ2v) is 9.78. The fraction of sp³-hybridized carbons (Fsp3) is 0.321. The van der Waals surface area contributed by atoms with Crippen LogP contribution in [0.4, 0.5) is 4.39 Å². The molecule has 0 radical (unpaired) electrons. The van der Waals surface area contributed by atoms with E-state index in [9.17, 15) is 9.18 Å². The van der Waals surface area contributed by atoms with Crippen molar-refractivity contribution in [1.29, 1.82) is 0 Å². The van der Waals surface area contributed by atoms with E-state index in [-0.39, 0.29) is 18.6 Å². The van der Waals surface area contributed by atoms with Gasteiger partial charge in [-0.05, 0) is 62.9 Å². The molecule has 0 aliphatic carbocycles. The maximum absolute atomic E-state index is 13.7. The molecule has 37 heavy (non-hydrogen) atoms. The Labute approximate surface area is 219 Å². The standard InChI is InChI=1S/C28H28ClFN4O3/c1-16-10-21(18(3)33-28(35)26-8-5-9-36-26)22(23(29)11-16)15-37-25-7-4-6-20-24(12-17(2)32-27(20)25)34-14-19(30)13-31-34/h4,6-7,10-14,18,26H,5,8-9,15H2,1-3H3,(H,33,35)/t18-,26+/m0/s1. The first-order valence-electron chi connectivity index (χ1n) is 12.2. The monoisotopic (exact) mass is 522 g/mol. The summed E-state index contributed by atoms with van der Waals surface area (Å²) in [6.07, 6.45) is 3.69. The minimum atomic E-state index is -0.419. The molecular formula is C28H28ClFN4O3. The molecule has 3 heterocycles. The average Bonchev–Trinajstić information content (AvgIpc) is 3.55. The molecule has 4 aromatic rings. The molecule has 0 bridgehead atoms. The molecule has 1 N–H and O–H groups in total. The van der Waals surface area contributed by atoms with Crippen molar-refractivity contribution in [2.24, 2.45) is 0 Å². The smallest absolute Gasteiger partial charge is 0.249 e. The Kier molecular flexibility index (Phi) is 7.13. The van der Waals surface area contributed by atoms with E-state index in [4.69, 9.17) is 26.1 Å². The van der Waals surface area contributed by atoms with Crippen LogP contribution >= 0.6 is 11.6 Å². The van der Waals surface area contributed by atoms with Gasteiger partial charge in [-0.1, -0.05) is 29.8 Å². The van der Waals surface area contributed by atoms with E-state index in [0.717, 1.165) is 40.6 Å². The molecule has 2 atom stereocenters. The van der Waals surface area contributed by atoms with Gasteiger partial charge >= 0.3 is 0 Å². The third kappa shape index (κ3) is 5.31. The Morgan fingerprint density at radius 3 is 2.89 bits per heavy atom. The molecule has 0 saturated carbocycles. The first kappa shape index (κ1) is 25.2. The van der Waals surface area contributed by atoms with E-state index in [1.807, 2.05) is 57.2 Å². The van der Waals surface area contributed by atoms with E-state index in [1.165, 1.54) is 17.1 Å². The Hall–Kier alpha value is -3.49. The number of carbonyl (C=O) groups is 1. The van der Waals surface area contributed by atoms with E-state index in [0.29, 0.717) is 28.6 Å². The quantitative estimate of drug-likeness (QED) is 0.333. The second kappa shape index (κ2) is 10.5. The van der Waals surface area contributed by atoms with Gasteiger partial charge in [-0.2, -0.15) is 5.10 Å². The molecule has 192 valence electrons. The predicted octanol–water partition coefficient (Wildman–Crippen LogP) is 5.77. The number of amides is 1. The van der Waals surface area contributed by atoms with Gasteiger partial charge in [0.25, 0.3) is 0 Å². The Morgan fingerprint density at radius 1 is 1.32 bits per heavy atom. The zero-order valence-corrected chi connectivity index (χ0v) is 21.7. The number of fused-ring (bicyclic) bond motifs is 1. The number of hydrogen-bond donors (Lipinski definition) is 1. The summed E-state index contributed by atoms with van der Waals surface area (Å²) in [6.45, 7) is 6.55. The van der Waals surface area contributed by atoms with E-state index < -0.39 is 11.9 Å². The lowest BCUT2D eigenvalue weighted by atomic mass is 9.98. The van der Waals surface area contributed by atoms with Crippen LogP contribution in [-0.4, -0.2) is 33.4 Å². The fourth-order valence-electron chi connectivity index (χ4n) is 4.72. The predicted molar refractivity (Wildman–Crippen MR) is 140 cm³/mol. The molecule has 1 fully saturated rings. The summed E-state index contributed by atoms with van der Waals surface area (Å²) in [4.78, 5) is 17.4. The summed E-state index contributed by atoms with van der Waals surface area (Å²) in [5.41, 5.74) is 4.74. The molecule has 1 amide bonds. The molecule has 9 heteroatoms. The minimum Gasteiger partial charge on any atom is -0.487 e. The van der Waals surface area contributed by atoms with Crippen LogP contribution in [0.5, 0.6) is 5.75 Å². The summed E-state index contributed by atoms with van der Waals surface area (Å²) in [7, 11) is 0. The van der Waals surface area contributed by atoms with Crippen molar-refractivity contribution >= 4 is 28.4 Å². The molecule has 1 aliphatic rings. The number of aryl methyl sites for hydroxylation is 2. The van der Waals surface area contributed by atoms with E-state index in [1.54, 1.807) is 0 Å². The van der Waals surface area contributed by atoms with Crippen LogP contribution in [0, 0.1) is 19.7 Å². The largest absolute Gasteiger partial charge is 0.487 e. The zero-order chi connectivity index (χ0) is 26.1. The van der Waals surface area contributed by atoms with Gasteiger partial charge in [0.15, 0.2) is 5.82 Å². The highest BCUT2D eigenvalue weighted by Crippen LogP contribution is 2.32. The molecule has 0 unspecified atom stereocenters. The molecule has 0 spiro atoms. The van der Waals surface area contributed by atoms with Crippen molar-refractivity contribution in [3.63, 3.8) is 0 Å². The lowest BCUT2D eigenvalue weighted by Gasteiger charge is -2.22. The van der Waals surface area contributed by atoms with Crippen molar-refractivity contribution in [2.45, 2.75) is 52.4 Å². The van der Waals surface area contributed by atoms with Gasteiger partial charge in [0.05, 0.1) is 24.1 Å². The molecular weight excluding hydrogens is 495 g/mol. The number of pyridine rings is 1. The van der Waals surface area contributed by atoms with E-state index in [2.05, 4.69) is 10.4 Å². The third-order valence-electron chi connectivity index (χ3n) is 6.50. The fourth-order valence-corrected chi connectivity index (χ4v) is 5.06. The summed E-state index contributed by atoms with van der Waals surface area (Å²) >= 11 is 6.68. The van der Waals surface area contributed by atoms with Crippen LogP contribution in [-0.2, 0) is 16.1 Å². The summed E-state index contributed by atoms with van der Waals surface area (Å²) < 4.78 is 27.0. The first-order chi connectivity index (χ1) is 17.8. The van der Waals surface area contributed by atoms with Crippen LogP contribution < -0.4 is 10.1 Å². The van der Waals surface area contributed by atoms with Crippen molar-refractivity contribution in [3.8, 4) is 11.4 Å². The SMILES string of the molecule is Cc1cc(Cl)c(COc2cccc3c(-n4cc(F)cn4)cc(C)nc23)c([C@H](C)NC(=O)[C@H]2CCCO2)c1. The maximum atomic E-state index is 13.7. The number of carbonyl (C=O) groups excluding carboxylic acids is 1. The summed E-state index contributed by atoms with van der Waals surface area (Å²) in [5, 5.41) is 8.52. The number of nitrogens with zero attached hydrogens (tertiary/aromatic N) is 3. The number of halogens is 2. The van der Waals surface area contributed by atoms with Gasteiger partial charge in [-0.15, -0.1) is 0 Å². The third-order valence-corrected chi connectivity index (χ3v) is 6.84. The van der Waals surface area contributed by atoms with Crippen LogP contribution in [0.3, 0.4) is 0 Å². The van der Waals surface area contributed by atoms with Crippen LogP contribution in [0.2, 0.25) is 5.02 Å². The lowest BCUT2D eigenvalue weighted by molar-refractivity contribution is -0.130. The highest BCUT2D eigenvalue weighted by Gasteiger charge is 2.26. The molecule has 1 saturated heterocycles. The molecule has 1 aliphatic heterocycles. The normalized spacial score (nSPS) is 16.2. The number of para-hydroxylation sites is 1. The highest BCUT2D eigenvalue weighted by molar-refractivity contribution is 6.31. The number of rotatable bonds is 7. The van der Waals surface area contributed by atoms with Gasteiger partial charge in [-0.3, -0.25) is 4.79 Å². The number of nitrogens with one attached hydrogen (secondary N) is 1. The Bertz CT molecular complexity index is 1470. The van der Waals surface area contributed by atoms with Crippen molar-refractivity contribution < 1.29 is 18.7 Å².